The molecule has 4 aromatic heterocycles. The van der Waals surface area contributed by atoms with Gasteiger partial charge in [-0.05, 0) is 97.9 Å². The number of fused-ring (bicyclic) bond motifs is 10. The normalized spacial score (nSPS) is 12.9. The molecule has 1 aliphatic rings. The molecule has 0 fully saturated rings. The van der Waals surface area contributed by atoms with Crippen LogP contribution in [-0.4, -0.2) is 19.9 Å². The Labute approximate surface area is 363 Å². The number of pyridine rings is 4. The average molecular weight is 801 g/mol. The van der Waals surface area contributed by atoms with E-state index >= 15 is 0 Å². The number of aromatic nitrogens is 4. The molecular formula is C59H36N4. The van der Waals surface area contributed by atoms with Gasteiger partial charge in [0.15, 0.2) is 0 Å². The second kappa shape index (κ2) is 13.8. The third kappa shape index (κ3) is 5.22. The molecule has 4 heteroatoms. The summed E-state index contributed by atoms with van der Waals surface area (Å²) in [7, 11) is 0. The molecule has 0 radical (unpaired) electrons. The summed E-state index contributed by atoms with van der Waals surface area (Å²) in [6, 6.07) is 72.5. The van der Waals surface area contributed by atoms with Gasteiger partial charge in [0.05, 0.1) is 33.2 Å². The third-order valence-corrected chi connectivity index (χ3v) is 13.3. The van der Waals surface area contributed by atoms with Crippen molar-refractivity contribution in [2.75, 3.05) is 0 Å². The maximum atomic E-state index is 5.43. The Hall–Kier alpha value is -8.34. The molecule has 4 nitrogen and oxygen atoms in total. The summed E-state index contributed by atoms with van der Waals surface area (Å²) < 4.78 is 0. The predicted molar refractivity (Wildman–Crippen MR) is 259 cm³/mol. The fourth-order valence-electron chi connectivity index (χ4n) is 10.6. The zero-order chi connectivity index (χ0) is 41.5. The number of benzene rings is 8. The van der Waals surface area contributed by atoms with E-state index in [0.717, 1.165) is 82.5 Å². The van der Waals surface area contributed by atoms with Crippen LogP contribution in [0.5, 0.6) is 0 Å². The number of rotatable bonds is 5. The summed E-state index contributed by atoms with van der Waals surface area (Å²) in [5.41, 5.74) is 17.3. The van der Waals surface area contributed by atoms with Crippen molar-refractivity contribution in [2.45, 2.75) is 5.41 Å². The van der Waals surface area contributed by atoms with Gasteiger partial charge in [-0.25, -0.2) is 4.98 Å². The van der Waals surface area contributed by atoms with E-state index in [1.54, 1.807) is 0 Å². The average Bonchev–Trinajstić information content (AvgIpc) is 3.65. The summed E-state index contributed by atoms with van der Waals surface area (Å²) in [6.07, 6.45) is 5.57. The molecule has 0 spiro atoms. The molecule has 0 unspecified atom stereocenters. The fraction of sp³-hybridized carbons (Fsp3) is 0.0169. The van der Waals surface area contributed by atoms with Crippen LogP contribution in [0.4, 0.5) is 0 Å². The molecule has 0 N–H and O–H groups in total. The predicted octanol–water partition coefficient (Wildman–Crippen LogP) is 14.4. The van der Waals surface area contributed by atoms with Gasteiger partial charge >= 0.3 is 0 Å². The lowest BCUT2D eigenvalue weighted by Gasteiger charge is -2.34. The van der Waals surface area contributed by atoms with Gasteiger partial charge in [0.25, 0.3) is 0 Å². The molecule has 4 heterocycles. The van der Waals surface area contributed by atoms with Crippen molar-refractivity contribution in [2.24, 2.45) is 0 Å². The van der Waals surface area contributed by atoms with E-state index in [9.17, 15) is 0 Å². The second-order valence-corrected chi connectivity index (χ2v) is 16.5. The zero-order valence-corrected chi connectivity index (χ0v) is 34.1. The van der Waals surface area contributed by atoms with E-state index in [1.807, 2.05) is 36.8 Å². The number of para-hydroxylation sites is 1. The van der Waals surface area contributed by atoms with Crippen molar-refractivity contribution in [3.05, 3.63) is 241 Å². The maximum Gasteiger partial charge on any atom is 0.0970 e. The molecule has 0 bridgehead atoms. The van der Waals surface area contributed by atoms with Crippen LogP contribution in [0.3, 0.4) is 0 Å². The van der Waals surface area contributed by atoms with E-state index < -0.39 is 5.41 Å². The van der Waals surface area contributed by atoms with Crippen molar-refractivity contribution in [1.29, 1.82) is 0 Å². The monoisotopic (exact) mass is 800 g/mol. The quantitative estimate of drug-likeness (QED) is 0.163. The molecule has 63 heavy (non-hydrogen) atoms. The number of hydrogen-bond acceptors (Lipinski definition) is 4. The molecule has 12 aromatic rings. The summed E-state index contributed by atoms with van der Waals surface area (Å²) >= 11 is 0. The van der Waals surface area contributed by atoms with Crippen LogP contribution in [-0.2, 0) is 5.41 Å². The summed E-state index contributed by atoms with van der Waals surface area (Å²) in [6.45, 7) is 0. The van der Waals surface area contributed by atoms with Crippen LogP contribution < -0.4 is 0 Å². The Morgan fingerprint density at radius 1 is 0.317 bits per heavy atom. The highest BCUT2D eigenvalue weighted by Crippen LogP contribution is 2.57. The first kappa shape index (κ1) is 35.4. The van der Waals surface area contributed by atoms with Gasteiger partial charge in [-0.15, -0.1) is 0 Å². The van der Waals surface area contributed by atoms with Gasteiger partial charge in [-0.2, -0.15) is 0 Å². The van der Waals surface area contributed by atoms with Gasteiger partial charge in [-0.3, -0.25) is 15.0 Å². The summed E-state index contributed by atoms with van der Waals surface area (Å²) in [4.78, 5) is 19.9. The van der Waals surface area contributed by atoms with Crippen molar-refractivity contribution >= 4 is 54.4 Å². The van der Waals surface area contributed by atoms with Crippen LogP contribution in [0.1, 0.15) is 22.3 Å². The van der Waals surface area contributed by atoms with Gasteiger partial charge < -0.3 is 0 Å². The molecule has 0 aliphatic heterocycles. The highest BCUT2D eigenvalue weighted by Gasteiger charge is 2.46. The Morgan fingerprint density at radius 3 is 1.70 bits per heavy atom. The largest absolute Gasteiger partial charge is 0.256 e. The van der Waals surface area contributed by atoms with E-state index in [1.165, 1.54) is 38.8 Å². The first-order valence-corrected chi connectivity index (χ1v) is 21.4. The Morgan fingerprint density at radius 2 is 0.921 bits per heavy atom. The van der Waals surface area contributed by atoms with Crippen LogP contribution >= 0.6 is 0 Å². The minimum atomic E-state index is -0.489. The Balaban J connectivity index is 0.989. The van der Waals surface area contributed by atoms with E-state index in [-0.39, 0.29) is 0 Å². The maximum absolute atomic E-state index is 5.43. The van der Waals surface area contributed by atoms with Crippen molar-refractivity contribution in [3.8, 4) is 44.6 Å². The van der Waals surface area contributed by atoms with Crippen LogP contribution in [0.25, 0.3) is 99.0 Å². The van der Waals surface area contributed by atoms with Crippen molar-refractivity contribution < 1.29 is 0 Å². The SMILES string of the molecule is c1ccc(C2(c3ccccc3)c3ccccc3-c3cc4c(-c5ccc(-c6ccc(-c7cc8cccnc8c8ncccc78)c7cccnc67)cc5)nc5ccccc5c4cc32)cc1. The minimum Gasteiger partial charge on any atom is -0.256 e. The first-order valence-electron chi connectivity index (χ1n) is 21.4. The molecule has 13 rings (SSSR count). The number of hydrogen-bond donors (Lipinski definition) is 0. The highest BCUT2D eigenvalue weighted by molar-refractivity contribution is 6.15. The van der Waals surface area contributed by atoms with Crippen molar-refractivity contribution in [1.82, 2.24) is 19.9 Å². The second-order valence-electron chi connectivity index (χ2n) is 16.5. The van der Waals surface area contributed by atoms with Gasteiger partial charge in [0, 0.05) is 56.6 Å². The van der Waals surface area contributed by atoms with Gasteiger partial charge in [0.2, 0.25) is 0 Å². The fourth-order valence-corrected chi connectivity index (χ4v) is 10.6. The van der Waals surface area contributed by atoms with Crippen LogP contribution in [0, 0.1) is 0 Å². The molecule has 0 saturated heterocycles. The first-order chi connectivity index (χ1) is 31.3. The number of nitrogens with zero attached hydrogens (tertiary/aromatic N) is 4. The van der Waals surface area contributed by atoms with E-state index in [0.29, 0.717) is 0 Å². The van der Waals surface area contributed by atoms with Gasteiger partial charge in [-0.1, -0.05) is 158 Å². The molecule has 292 valence electrons. The van der Waals surface area contributed by atoms with Crippen LogP contribution in [0.15, 0.2) is 219 Å². The van der Waals surface area contributed by atoms with Gasteiger partial charge in [0.1, 0.15) is 0 Å². The molecule has 0 atom stereocenters. The standard InChI is InChI=1S/C59H36N4/c1-3-15-40(16-4-1)59(41-17-5-2-6-18-41)52-23-9-7-19-44(52)50-35-51-49(36-53(50)59)45-20-8-10-24-54(45)63-55(51)38-27-25-37(26-28-38)42-29-30-43(46-21-12-32-61-57(42)46)48-34-39-14-11-31-60-56(39)58-47(48)22-13-33-62-58/h1-36H. The molecule has 0 amide bonds. The topological polar surface area (TPSA) is 51.6 Å². The highest BCUT2D eigenvalue weighted by atomic mass is 14.7. The molecule has 0 saturated carbocycles. The van der Waals surface area contributed by atoms with Crippen molar-refractivity contribution in [3.63, 3.8) is 0 Å². The van der Waals surface area contributed by atoms with E-state index in [2.05, 4.69) is 182 Å². The summed E-state index contributed by atoms with van der Waals surface area (Å²) in [5.74, 6) is 0. The van der Waals surface area contributed by atoms with Crippen LogP contribution in [0.2, 0.25) is 0 Å². The molecule has 1 aliphatic carbocycles. The lowest BCUT2D eigenvalue weighted by molar-refractivity contribution is 0.769. The minimum absolute atomic E-state index is 0.489. The third-order valence-electron chi connectivity index (χ3n) is 13.3. The molecule has 8 aromatic carbocycles. The Kier molecular flexibility index (Phi) is 7.79. The molecular weight excluding hydrogens is 765 g/mol. The summed E-state index contributed by atoms with van der Waals surface area (Å²) in [5, 5.41) is 6.69. The Bertz CT molecular complexity index is 3750. The van der Waals surface area contributed by atoms with E-state index in [4.69, 9.17) is 19.9 Å². The lowest BCUT2D eigenvalue weighted by Crippen LogP contribution is -2.28. The lowest BCUT2D eigenvalue weighted by atomic mass is 9.67. The smallest absolute Gasteiger partial charge is 0.0970 e. The zero-order valence-electron chi connectivity index (χ0n) is 34.1.